The zero-order valence-electron chi connectivity index (χ0n) is 12.7. The van der Waals surface area contributed by atoms with Gasteiger partial charge in [-0.1, -0.05) is 44.0 Å². The standard InChI is InChI=1S/C18H27NO/c1-2-15-5-7-16(8-6-15)13-19-14-17-9-12-18(20-17)10-3-4-11-18/h5-8,17,19H,2-4,9-14H2,1H3. The topological polar surface area (TPSA) is 21.3 Å². The predicted octanol–water partition coefficient (Wildman–Crippen LogP) is 3.83. The second-order valence-corrected chi connectivity index (χ2v) is 6.47. The van der Waals surface area contributed by atoms with E-state index in [9.17, 15) is 0 Å². The van der Waals surface area contributed by atoms with E-state index in [0.29, 0.717) is 6.10 Å². The van der Waals surface area contributed by atoms with Crippen molar-refractivity contribution in [1.82, 2.24) is 5.32 Å². The van der Waals surface area contributed by atoms with Gasteiger partial charge in [0.25, 0.3) is 0 Å². The normalized spacial score (nSPS) is 24.6. The van der Waals surface area contributed by atoms with Gasteiger partial charge in [0.1, 0.15) is 0 Å². The van der Waals surface area contributed by atoms with Crippen LogP contribution in [0.25, 0.3) is 0 Å². The minimum absolute atomic E-state index is 0.273. The van der Waals surface area contributed by atoms with Gasteiger partial charge in [0.2, 0.25) is 0 Å². The van der Waals surface area contributed by atoms with E-state index in [4.69, 9.17) is 4.74 Å². The fraction of sp³-hybridized carbons (Fsp3) is 0.667. The van der Waals surface area contributed by atoms with Crippen molar-refractivity contribution in [3.63, 3.8) is 0 Å². The maximum atomic E-state index is 6.32. The van der Waals surface area contributed by atoms with Crippen molar-refractivity contribution >= 4 is 0 Å². The number of aryl methyl sites for hydroxylation is 1. The first-order valence-electron chi connectivity index (χ1n) is 8.26. The molecular formula is C18H27NO. The summed E-state index contributed by atoms with van der Waals surface area (Å²) in [6.07, 6.45) is 9.39. The molecule has 1 aromatic rings. The third-order valence-corrected chi connectivity index (χ3v) is 4.99. The Morgan fingerprint density at radius 3 is 2.50 bits per heavy atom. The summed E-state index contributed by atoms with van der Waals surface area (Å²) in [6.45, 7) is 4.15. The van der Waals surface area contributed by atoms with Crippen molar-refractivity contribution in [2.75, 3.05) is 6.54 Å². The molecule has 1 aliphatic heterocycles. The van der Waals surface area contributed by atoms with Crippen molar-refractivity contribution in [3.05, 3.63) is 35.4 Å². The smallest absolute Gasteiger partial charge is 0.0708 e. The molecule has 1 atom stereocenters. The van der Waals surface area contributed by atoms with E-state index in [1.165, 1.54) is 49.7 Å². The van der Waals surface area contributed by atoms with Crippen LogP contribution in [0.3, 0.4) is 0 Å². The van der Waals surface area contributed by atoms with E-state index in [1.807, 2.05) is 0 Å². The lowest BCUT2D eigenvalue weighted by Crippen LogP contribution is -2.30. The average Bonchev–Trinajstić information content (AvgIpc) is 3.10. The predicted molar refractivity (Wildman–Crippen MR) is 82.8 cm³/mol. The molecule has 1 aromatic carbocycles. The Bertz CT molecular complexity index is 420. The molecule has 1 N–H and O–H groups in total. The molecule has 1 aliphatic carbocycles. The van der Waals surface area contributed by atoms with Gasteiger partial charge in [-0.15, -0.1) is 0 Å². The fourth-order valence-electron chi connectivity index (χ4n) is 3.70. The summed E-state index contributed by atoms with van der Waals surface area (Å²) >= 11 is 0. The van der Waals surface area contributed by atoms with E-state index >= 15 is 0 Å². The number of nitrogens with one attached hydrogen (secondary N) is 1. The van der Waals surface area contributed by atoms with Crippen LogP contribution in [0, 0.1) is 0 Å². The SMILES string of the molecule is CCc1ccc(CNCC2CCC3(CCCC3)O2)cc1. The van der Waals surface area contributed by atoms with Gasteiger partial charge in [0, 0.05) is 13.1 Å². The summed E-state index contributed by atoms with van der Waals surface area (Å²) < 4.78 is 6.32. The summed E-state index contributed by atoms with van der Waals surface area (Å²) in [5.74, 6) is 0. The second kappa shape index (κ2) is 6.28. The minimum atomic E-state index is 0.273. The summed E-state index contributed by atoms with van der Waals surface area (Å²) in [6, 6.07) is 8.94. The monoisotopic (exact) mass is 273 g/mol. The highest BCUT2D eigenvalue weighted by Crippen LogP contribution is 2.43. The summed E-state index contributed by atoms with van der Waals surface area (Å²) in [5.41, 5.74) is 3.06. The Balaban J connectivity index is 1.41. The average molecular weight is 273 g/mol. The van der Waals surface area contributed by atoms with Crippen LogP contribution in [0.1, 0.15) is 56.6 Å². The van der Waals surface area contributed by atoms with Gasteiger partial charge in [0.05, 0.1) is 11.7 Å². The largest absolute Gasteiger partial charge is 0.370 e. The van der Waals surface area contributed by atoms with E-state index in [-0.39, 0.29) is 5.60 Å². The van der Waals surface area contributed by atoms with Crippen LogP contribution in [-0.2, 0) is 17.7 Å². The van der Waals surface area contributed by atoms with E-state index in [0.717, 1.165) is 19.5 Å². The van der Waals surface area contributed by atoms with E-state index in [2.05, 4.69) is 36.5 Å². The second-order valence-electron chi connectivity index (χ2n) is 6.47. The highest BCUT2D eigenvalue weighted by molar-refractivity contribution is 5.22. The molecule has 1 saturated carbocycles. The van der Waals surface area contributed by atoms with Gasteiger partial charge >= 0.3 is 0 Å². The Hall–Kier alpha value is -0.860. The van der Waals surface area contributed by atoms with Crippen LogP contribution in [0.2, 0.25) is 0 Å². The first-order valence-corrected chi connectivity index (χ1v) is 8.26. The first kappa shape index (κ1) is 14.1. The Morgan fingerprint density at radius 2 is 1.80 bits per heavy atom. The van der Waals surface area contributed by atoms with Crippen LogP contribution >= 0.6 is 0 Å². The molecule has 3 rings (SSSR count). The maximum Gasteiger partial charge on any atom is 0.0708 e. The lowest BCUT2D eigenvalue weighted by Gasteiger charge is -2.23. The van der Waals surface area contributed by atoms with Gasteiger partial charge in [-0.2, -0.15) is 0 Å². The molecule has 0 amide bonds. The summed E-state index contributed by atoms with van der Waals surface area (Å²) in [7, 11) is 0. The zero-order chi connectivity index (χ0) is 13.8. The van der Waals surface area contributed by atoms with Crippen molar-refractivity contribution in [3.8, 4) is 0 Å². The third-order valence-electron chi connectivity index (χ3n) is 4.99. The molecule has 1 heterocycles. The molecule has 1 unspecified atom stereocenters. The molecule has 2 heteroatoms. The van der Waals surface area contributed by atoms with Gasteiger partial charge < -0.3 is 10.1 Å². The van der Waals surface area contributed by atoms with Gasteiger partial charge in [-0.25, -0.2) is 0 Å². The van der Waals surface area contributed by atoms with Crippen LogP contribution < -0.4 is 5.32 Å². The number of hydrogen-bond donors (Lipinski definition) is 1. The molecule has 2 nitrogen and oxygen atoms in total. The first-order chi connectivity index (χ1) is 9.80. The lowest BCUT2D eigenvalue weighted by atomic mass is 9.98. The van der Waals surface area contributed by atoms with Crippen molar-refractivity contribution in [2.24, 2.45) is 0 Å². The van der Waals surface area contributed by atoms with Crippen LogP contribution in [0.5, 0.6) is 0 Å². The molecule has 20 heavy (non-hydrogen) atoms. The van der Waals surface area contributed by atoms with Gasteiger partial charge in [-0.05, 0) is 43.2 Å². The third kappa shape index (κ3) is 3.24. The summed E-state index contributed by atoms with van der Waals surface area (Å²) in [5, 5.41) is 3.56. The van der Waals surface area contributed by atoms with Crippen LogP contribution in [0.15, 0.2) is 24.3 Å². The maximum absolute atomic E-state index is 6.32. The number of benzene rings is 1. The lowest BCUT2D eigenvalue weighted by molar-refractivity contribution is -0.0351. The highest BCUT2D eigenvalue weighted by atomic mass is 16.5. The van der Waals surface area contributed by atoms with Crippen molar-refractivity contribution < 1.29 is 4.74 Å². The molecule has 0 aromatic heterocycles. The molecule has 0 bridgehead atoms. The number of ether oxygens (including phenoxy) is 1. The number of rotatable bonds is 5. The Morgan fingerprint density at radius 1 is 1.10 bits per heavy atom. The fourth-order valence-corrected chi connectivity index (χ4v) is 3.70. The van der Waals surface area contributed by atoms with Gasteiger partial charge in [0.15, 0.2) is 0 Å². The van der Waals surface area contributed by atoms with E-state index < -0.39 is 0 Å². The Labute approximate surface area is 122 Å². The minimum Gasteiger partial charge on any atom is -0.370 e. The van der Waals surface area contributed by atoms with Gasteiger partial charge in [-0.3, -0.25) is 0 Å². The molecule has 1 saturated heterocycles. The molecule has 2 fully saturated rings. The highest BCUT2D eigenvalue weighted by Gasteiger charge is 2.41. The Kier molecular flexibility index (Phi) is 4.42. The number of hydrogen-bond acceptors (Lipinski definition) is 2. The molecule has 2 aliphatic rings. The molecule has 0 radical (unpaired) electrons. The molecule has 110 valence electrons. The molecular weight excluding hydrogens is 246 g/mol. The van der Waals surface area contributed by atoms with Crippen LogP contribution in [-0.4, -0.2) is 18.2 Å². The molecule has 1 spiro atoms. The van der Waals surface area contributed by atoms with Crippen molar-refractivity contribution in [2.45, 2.75) is 70.1 Å². The summed E-state index contributed by atoms with van der Waals surface area (Å²) in [4.78, 5) is 0. The quantitative estimate of drug-likeness (QED) is 0.880. The van der Waals surface area contributed by atoms with E-state index in [1.54, 1.807) is 0 Å². The van der Waals surface area contributed by atoms with Crippen molar-refractivity contribution in [1.29, 1.82) is 0 Å². The van der Waals surface area contributed by atoms with Crippen LogP contribution in [0.4, 0.5) is 0 Å². The zero-order valence-corrected chi connectivity index (χ0v) is 12.7.